The average molecular weight is 263 g/mol. The van der Waals surface area contributed by atoms with Crippen LogP contribution in [0.4, 0.5) is 0 Å². The van der Waals surface area contributed by atoms with Crippen LogP contribution in [0.3, 0.4) is 0 Å². The Kier molecular flexibility index (Phi) is 4.80. The number of aryl methyl sites for hydroxylation is 2. The Morgan fingerprint density at radius 3 is 3.00 bits per heavy atom. The van der Waals surface area contributed by atoms with E-state index in [1.54, 1.807) is 0 Å². The van der Waals surface area contributed by atoms with Crippen molar-refractivity contribution in [1.29, 1.82) is 0 Å². The van der Waals surface area contributed by atoms with Gasteiger partial charge in [0.25, 0.3) is 5.91 Å². The molecule has 0 spiro atoms. The molecule has 1 aliphatic carbocycles. The number of carbonyl (C=O) groups is 1. The van der Waals surface area contributed by atoms with E-state index >= 15 is 0 Å². The molecule has 4 heteroatoms. The molecular weight excluding hydrogens is 242 g/mol. The van der Waals surface area contributed by atoms with Gasteiger partial charge >= 0.3 is 0 Å². The second kappa shape index (κ2) is 6.57. The molecule has 0 bridgehead atoms. The number of rotatable bonds is 6. The predicted molar refractivity (Wildman–Crippen MR) is 73.3 cm³/mol. The molecule has 0 aromatic heterocycles. The van der Waals surface area contributed by atoms with E-state index in [9.17, 15) is 4.79 Å². The first-order chi connectivity index (χ1) is 9.19. The van der Waals surface area contributed by atoms with Gasteiger partial charge in [-0.1, -0.05) is 6.07 Å². The van der Waals surface area contributed by atoms with Crippen LogP contribution in [0.25, 0.3) is 0 Å². The van der Waals surface area contributed by atoms with E-state index < -0.39 is 0 Å². The van der Waals surface area contributed by atoms with E-state index in [-0.39, 0.29) is 25.2 Å². The molecule has 1 aromatic rings. The molecule has 4 nitrogen and oxygen atoms in total. The number of aliphatic hydroxyl groups is 1. The van der Waals surface area contributed by atoms with Gasteiger partial charge < -0.3 is 15.2 Å². The summed E-state index contributed by atoms with van der Waals surface area (Å²) in [6.07, 6.45) is 4.02. The molecule has 0 saturated heterocycles. The van der Waals surface area contributed by atoms with Crippen LogP contribution >= 0.6 is 0 Å². The molecule has 0 saturated carbocycles. The summed E-state index contributed by atoms with van der Waals surface area (Å²) in [6, 6.07) is 6.02. The maximum Gasteiger partial charge on any atom is 0.258 e. The lowest BCUT2D eigenvalue weighted by molar-refractivity contribution is -0.123. The number of aliphatic hydroxyl groups excluding tert-OH is 1. The number of hydrogen-bond donors (Lipinski definition) is 2. The van der Waals surface area contributed by atoms with Crippen LogP contribution in [0.1, 0.15) is 30.9 Å². The number of ether oxygens (including phenoxy) is 1. The predicted octanol–water partition coefficient (Wildman–Crippen LogP) is 1.44. The maximum atomic E-state index is 11.6. The molecule has 0 radical (unpaired) electrons. The summed E-state index contributed by atoms with van der Waals surface area (Å²) < 4.78 is 5.50. The number of fused-ring (bicyclic) bond motifs is 1. The Hall–Kier alpha value is -1.55. The Morgan fingerprint density at radius 2 is 2.21 bits per heavy atom. The van der Waals surface area contributed by atoms with Crippen LogP contribution in [-0.2, 0) is 17.6 Å². The van der Waals surface area contributed by atoms with Crippen LogP contribution in [0.15, 0.2) is 18.2 Å². The molecular formula is C15H21NO3. The quantitative estimate of drug-likeness (QED) is 0.816. The van der Waals surface area contributed by atoms with Gasteiger partial charge in [0, 0.05) is 12.6 Å². The second-order valence-electron chi connectivity index (χ2n) is 5.05. The van der Waals surface area contributed by atoms with Crippen molar-refractivity contribution in [3.63, 3.8) is 0 Å². The Morgan fingerprint density at radius 1 is 1.42 bits per heavy atom. The summed E-state index contributed by atoms with van der Waals surface area (Å²) in [6.45, 7) is 1.96. The lowest BCUT2D eigenvalue weighted by Crippen LogP contribution is -2.36. The Labute approximate surface area is 113 Å². The van der Waals surface area contributed by atoms with Crippen LogP contribution in [-0.4, -0.2) is 30.3 Å². The molecule has 104 valence electrons. The van der Waals surface area contributed by atoms with Gasteiger partial charge in [-0.15, -0.1) is 0 Å². The van der Waals surface area contributed by atoms with Crippen molar-refractivity contribution in [3.8, 4) is 5.75 Å². The molecule has 0 fully saturated rings. The summed E-state index contributed by atoms with van der Waals surface area (Å²) in [7, 11) is 0. The number of hydrogen-bond acceptors (Lipinski definition) is 3. The van der Waals surface area contributed by atoms with Gasteiger partial charge in [-0.3, -0.25) is 4.79 Å². The number of carbonyl (C=O) groups excluding carboxylic acids is 1. The van der Waals surface area contributed by atoms with Crippen LogP contribution in [0, 0.1) is 0 Å². The summed E-state index contributed by atoms with van der Waals surface area (Å²) in [4.78, 5) is 11.6. The third kappa shape index (κ3) is 3.96. The molecule has 1 unspecified atom stereocenters. The largest absolute Gasteiger partial charge is 0.484 e. The van der Waals surface area contributed by atoms with E-state index in [1.165, 1.54) is 17.5 Å². The van der Waals surface area contributed by atoms with Crippen molar-refractivity contribution in [2.75, 3.05) is 13.2 Å². The zero-order valence-corrected chi connectivity index (χ0v) is 11.3. The first kappa shape index (κ1) is 13.9. The van der Waals surface area contributed by atoms with Gasteiger partial charge in [-0.2, -0.15) is 0 Å². The highest BCUT2D eigenvalue weighted by atomic mass is 16.5. The number of nitrogens with one attached hydrogen (secondary N) is 1. The van der Waals surface area contributed by atoms with Gasteiger partial charge in [0.1, 0.15) is 5.75 Å². The molecule has 2 N–H and O–H groups in total. The summed E-state index contributed by atoms with van der Waals surface area (Å²) in [5.41, 5.74) is 2.74. The molecule has 1 amide bonds. The molecule has 19 heavy (non-hydrogen) atoms. The second-order valence-corrected chi connectivity index (χ2v) is 5.05. The van der Waals surface area contributed by atoms with E-state index in [4.69, 9.17) is 9.84 Å². The summed E-state index contributed by atoms with van der Waals surface area (Å²) in [5, 5.41) is 11.5. The van der Waals surface area contributed by atoms with Crippen LogP contribution in [0.5, 0.6) is 5.75 Å². The minimum Gasteiger partial charge on any atom is -0.484 e. The van der Waals surface area contributed by atoms with Crippen molar-refractivity contribution in [1.82, 2.24) is 5.32 Å². The van der Waals surface area contributed by atoms with Crippen molar-refractivity contribution in [3.05, 3.63) is 29.3 Å². The topological polar surface area (TPSA) is 58.6 Å². The lowest BCUT2D eigenvalue weighted by Gasteiger charge is -2.13. The monoisotopic (exact) mass is 263 g/mol. The maximum absolute atomic E-state index is 11.6. The molecule has 1 aliphatic rings. The first-order valence-electron chi connectivity index (χ1n) is 6.84. The highest BCUT2D eigenvalue weighted by Crippen LogP contribution is 2.25. The zero-order valence-electron chi connectivity index (χ0n) is 11.3. The molecule has 0 heterocycles. The van der Waals surface area contributed by atoms with E-state index in [2.05, 4.69) is 11.4 Å². The van der Waals surface area contributed by atoms with Gasteiger partial charge in [-0.25, -0.2) is 0 Å². The molecule has 0 aliphatic heterocycles. The van der Waals surface area contributed by atoms with E-state index in [1.807, 2.05) is 19.1 Å². The highest BCUT2D eigenvalue weighted by Gasteiger charge is 2.12. The standard InChI is InChI=1S/C15H21NO3/c1-11(7-8-17)16-15(18)10-19-14-6-5-12-3-2-4-13(12)9-14/h5-6,9,11,17H,2-4,7-8,10H2,1H3,(H,16,18). The third-order valence-electron chi connectivity index (χ3n) is 3.41. The first-order valence-corrected chi connectivity index (χ1v) is 6.84. The SMILES string of the molecule is CC(CCO)NC(=O)COc1ccc2c(c1)CCC2. The minimum absolute atomic E-state index is 0.0224. The highest BCUT2D eigenvalue weighted by molar-refractivity contribution is 5.77. The Bertz CT molecular complexity index is 445. The molecule has 1 aromatic carbocycles. The molecule has 1 atom stereocenters. The average Bonchev–Trinajstić information content (AvgIpc) is 2.83. The van der Waals surface area contributed by atoms with Gasteiger partial charge in [-0.05, 0) is 55.9 Å². The fourth-order valence-corrected chi connectivity index (χ4v) is 2.37. The van der Waals surface area contributed by atoms with Crippen molar-refractivity contribution < 1.29 is 14.6 Å². The summed E-state index contributed by atoms with van der Waals surface area (Å²) >= 11 is 0. The third-order valence-corrected chi connectivity index (χ3v) is 3.41. The van der Waals surface area contributed by atoms with Crippen molar-refractivity contribution in [2.45, 2.75) is 38.6 Å². The van der Waals surface area contributed by atoms with Gasteiger partial charge in [0.05, 0.1) is 0 Å². The Balaban J connectivity index is 1.80. The molecule has 2 rings (SSSR count). The smallest absolute Gasteiger partial charge is 0.258 e. The van der Waals surface area contributed by atoms with E-state index in [0.717, 1.165) is 18.6 Å². The van der Waals surface area contributed by atoms with Gasteiger partial charge in [0.15, 0.2) is 6.61 Å². The minimum atomic E-state index is -0.151. The lowest BCUT2D eigenvalue weighted by atomic mass is 10.1. The normalized spacial score (nSPS) is 14.8. The van der Waals surface area contributed by atoms with E-state index in [0.29, 0.717) is 6.42 Å². The number of benzene rings is 1. The zero-order chi connectivity index (χ0) is 13.7. The van der Waals surface area contributed by atoms with Crippen LogP contribution in [0.2, 0.25) is 0 Å². The fraction of sp³-hybridized carbons (Fsp3) is 0.533. The fourth-order valence-electron chi connectivity index (χ4n) is 2.37. The van der Waals surface area contributed by atoms with Crippen molar-refractivity contribution in [2.24, 2.45) is 0 Å². The van der Waals surface area contributed by atoms with Crippen molar-refractivity contribution >= 4 is 5.91 Å². The van der Waals surface area contributed by atoms with Crippen LogP contribution < -0.4 is 10.1 Å². The van der Waals surface area contributed by atoms with Gasteiger partial charge in [0.2, 0.25) is 0 Å². The number of amides is 1. The summed E-state index contributed by atoms with van der Waals surface area (Å²) in [5.74, 6) is 0.604.